The summed E-state index contributed by atoms with van der Waals surface area (Å²) in [6.45, 7) is 18.5. The van der Waals surface area contributed by atoms with Gasteiger partial charge in [0.15, 0.2) is 5.50 Å². The van der Waals surface area contributed by atoms with Gasteiger partial charge in [-0.15, -0.1) is 0 Å². The van der Waals surface area contributed by atoms with Crippen LogP contribution in [0.3, 0.4) is 0 Å². The van der Waals surface area contributed by atoms with Crippen LogP contribution < -0.4 is 0 Å². The first-order valence-electron chi connectivity index (χ1n) is 9.11. The molecule has 5 nitrogen and oxygen atoms in total. The Morgan fingerprint density at radius 3 is 1.83 bits per heavy atom. The maximum absolute atomic E-state index is 11.3. The summed E-state index contributed by atoms with van der Waals surface area (Å²) >= 11 is 0. The number of hydrogen-bond donors (Lipinski definition) is 1. The minimum atomic E-state index is -0.887. The Labute approximate surface area is 146 Å². The fourth-order valence-electron chi connectivity index (χ4n) is 4.02. The molecule has 1 N–H and O–H groups in total. The van der Waals surface area contributed by atoms with Crippen molar-refractivity contribution in [2.75, 3.05) is 0 Å². The van der Waals surface area contributed by atoms with Crippen LogP contribution in [0.1, 0.15) is 68.7 Å². The van der Waals surface area contributed by atoms with Gasteiger partial charge in [0.25, 0.3) is 0 Å². The number of rotatable bonds is 4. The highest BCUT2D eigenvalue weighted by molar-refractivity contribution is 6.51. The molecule has 138 valence electrons. The molecular weight excluding hydrogens is 307 g/mol. The molecular formula is C18H33BO5. The molecule has 3 fully saturated rings. The van der Waals surface area contributed by atoms with E-state index >= 15 is 0 Å². The van der Waals surface area contributed by atoms with Gasteiger partial charge in [0.05, 0.1) is 23.4 Å². The van der Waals surface area contributed by atoms with Gasteiger partial charge in [-0.2, -0.15) is 0 Å². The molecule has 5 unspecified atom stereocenters. The van der Waals surface area contributed by atoms with E-state index in [-0.39, 0.29) is 17.6 Å². The third kappa shape index (κ3) is 2.41. The fourth-order valence-corrected chi connectivity index (χ4v) is 4.02. The van der Waals surface area contributed by atoms with Crippen molar-refractivity contribution in [3.8, 4) is 0 Å². The standard InChI is InChI=1S/C18H33BO5/c1-10-11-17(9,21-11)12(20)18(13(22-18)14(2,3)4)19-23-15(5,6)16(7,8)24-19/h11-13,20H,10H2,1-9H3. The van der Waals surface area contributed by atoms with Crippen molar-refractivity contribution >= 4 is 7.12 Å². The van der Waals surface area contributed by atoms with E-state index in [1.807, 2.05) is 34.6 Å². The molecule has 0 aliphatic carbocycles. The first kappa shape index (κ1) is 18.6. The molecule has 0 amide bonds. The Kier molecular flexibility index (Phi) is 3.87. The zero-order valence-electron chi connectivity index (χ0n) is 16.6. The van der Waals surface area contributed by atoms with E-state index in [0.717, 1.165) is 6.42 Å². The van der Waals surface area contributed by atoms with Crippen LogP contribution >= 0.6 is 0 Å². The monoisotopic (exact) mass is 340 g/mol. The van der Waals surface area contributed by atoms with Crippen LogP contribution in [0.15, 0.2) is 0 Å². The quantitative estimate of drug-likeness (QED) is 0.630. The molecule has 3 rings (SSSR count). The maximum atomic E-state index is 11.3. The van der Waals surface area contributed by atoms with Gasteiger partial charge >= 0.3 is 7.12 Å². The molecule has 0 aromatic carbocycles. The zero-order valence-corrected chi connectivity index (χ0v) is 16.6. The lowest BCUT2D eigenvalue weighted by molar-refractivity contribution is 0.00578. The number of aliphatic hydroxyl groups excluding tert-OH is 1. The summed E-state index contributed by atoms with van der Waals surface area (Å²) < 4.78 is 24.5. The Hall–Kier alpha value is -0.135. The van der Waals surface area contributed by atoms with E-state index in [1.54, 1.807) is 0 Å². The van der Waals surface area contributed by atoms with Crippen LogP contribution in [0.5, 0.6) is 0 Å². The molecule has 3 aliphatic rings. The summed E-state index contributed by atoms with van der Waals surface area (Å²) in [5.41, 5.74) is -2.54. The number of ether oxygens (including phenoxy) is 2. The molecule has 0 spiro atoms. The predicted molar refractivity (Wildman–Crippen MR) is 92.7 cm³/mol. The van der Waals surface area contributed by atoms with Gasteiger partial charge in [-0.25, -0.2) is 0 Å². The summed E-state index contributed by atoms with van der Waals surface area (Å²) in [6, 6.07) is 0. The van der Waals surface area contributed by atoms with Gasteiger partial charge in [0.2, 0.25) is 0 Å². The lowest BCUT2D eigenvalue weighted by atomic mass is 9.59. The van der Waals surface area contributed by atoms with Crippen LogP contribution in [0.4, 0.5) is 0 Å². The molecule has 0 aromatic rings. The Morgan fingerprint density at radius 2 is 1.50 bits per heavy atom. The third-order valence-electron chi connectivity index (χ3n) is 6.40. The van der Waals surface area contributed by atoms with E-state index < -0.39 is 35.5 Å². The topological polar surface area (TPSA) is 63.8 Å². The van der Waals surface area contributed by atoms with Crippen LogP contribution in [0.2, 0.25) is 0 Å². The SMILES string of the molecule is CCC1OC1(C)C(O)C1(B2OC(C)(C)C(C)(C)O2)OC1C(C)(C)C. The van der Waals surface area contributed by atoms with Crippen molar-refractivity contribution in [2.24, 2.45) is 5.41 Å². The van der Waals surface area contributed by atoms with Crippen molar-refractivity contribution in [3.63, 3.8) is 0 Å². The van der Waals surface area contributed by atoms with E-state index in [0.29, 0.717) is 0 Å². The van der Waals surface area contributed by atoms with Gasteiger partial charge < -0.3 is 23.9 Å². The molecule has 0 bridgehead atoms. The Balaban J connectivity index is 1.93. The lowest BCUT2D eigenvalue weighted by Gasteiger charge is -2.32. The highest BCUT2D eigenvalue weighted by Gasteiger charge is 2.81. The second-order valence-corrected chi connectivity index (χ2v) is 9.91. The fraction of sp³-hybridized carbons (Fsp3) is 1.00. The average Bonchev–Trinajstić information content (AvgIpc) is 3.28. The van der Waals surface area contributed by atoms with E-state index in [2.05, 4.69) is 27.7 Å². The summed E-state index contributed by atoms with van der Waals surface area (Å²) in [5.74, 6) is 0. The van der Waals surface area contributed by atoms with E-state index in [4.69, 9.17) is 18.8 Å². The third-order valence-corrected chi connectivity index (χ3v) is 6.40. The number of epoxide rings is 2. The first-order chi connectivity index (χ1) is 10.7. The molecule has 0 radical (unpaired) electrons. The molecule has 5 atom stereocenters. The van der Waals surface area contributed by atoms with Gasteiger partial charge in [-0.1, -0.05) is 27.7 Å². The van der Waals surface area contributed by atoms with Gasteiger partial charge in [0, 0.05) is 0 Å². The van der Waals surface area contributed by atoms with Crippen LogP contribution in [0, 0.1) is 5.41 Å². The first-order valence-corrected chi connectivity index (χ1v) is 9.11. The van der Waals surface area contributed by atoms with Crippen molar-refractivity contribution < 1.29 is 23.9 Å². The second kappa shape index (κ2) is 4.98. The highest BCUT2D eigenvalue weighted by atomic mass is 16.7. The minimum absolute atomic E-state index is 0.0524. The van der Waals surface area contributed by atoms with Gasteiger partial charge in [-0.05, 0) is 46.5 Å². The smallest absolute Gasteiger partial charge is 0.401 e. The van der Waals surface area contributed by atoms with Crippen molar-refractivity contribution in [1.82, 2.24) is 0 Å². The van der Waals surface area contributed by atoms with E-state index in [9.17, 15) is 5.11 Å². The van der Waals surface area contributed by atoms with Crippen molar-refractivity contribution in [2.45, 2.75) is 109 Å². The molecule has 24 heavy (non-hydrogen) atoms. The predicted octanol–water partition coefficient (Wildman–Crippen LogP) is 2.73. The van der Waals surface area contributed by atoms with Crippen molar-refractivity contribution in [1.29, 1.82) is 0 Å². The number of aliphatic hydroxyl groups is 1. The molecule has 3 heterocycles. The lowest BCUT2D eigenvalue weighted by Crippen LogP contribution is -2.56. The van der Waals surface area contributed by atoms with Crippen LogP contribution in [-0.4, -0.2) is 52.8 Å². The van der Waals surface area contributed by atoms with E-state index in [1.165, 1.54) is 0 Å². The maximum Gasteiger partial charge on any atom is 0.498 e. The molecule has 3 aliphatic heterocycles. The molecule has 0 aromatic heterocycles. The number of hydrogen-bond acceptors (Lipinski definition) is 5. The Bertz CT molecular complexity index is 512. The summed E-state index contributed by atoms with van der Waals surface area (Å²) in [6.07, 6.45) is -0.0218. The zero-order chi connectivity index (χ0) is 18.3. The Morgan fingerprint density at radius 1 is 1.00 bits per heavy atom. The highest BCUT2D eigenvalue weighted by Crippen LogP contribution is 2.60. The van der Waals surface area contributed by atoms with Crippen LogP contribution in [-0.2, 0) is 18.8 Å². The molecule has 6 heteroatoms. The summed E-state index contributed by atoms with van der Waals surface area (Å²) in [5, 5.41) is 11.3. The average molecular weight is 340 g/mol. The molecule has 3 saturated heterocycles. The van der Waals surface area contributed by atoms with Gasteiger partial charge in [0.1, 0.15) is 11.7 Å². The van der Waals surface area contributed by atoms with Gasteiger partial charge in [-0.3, -0.25) is 0 Å². The normalized spacial score (nSPS) is 44.5. The second-order valence-electron chi connectivity index (χ2n) is 9.91. The summed E-state index contributed by atoms with van der Waals surface area (Å²) in [4.78, 5) is 0. The van der Waals surface area contributed by atoms with Crippen molar-refractivity contribution in [3.05, 3.63) is 0 Å². The minimum Gasteiger partial charge on any atom is -0.401 e. The van der Waals surface area contributed by atoms with Crippen LogP contribution in [0.25, 0.3) is 0 Å². The largest absolute Gasteiger partial charge is 0.498 e. The summed E-state index contributed by atoms with van der Waals surface area (Å²) in [7, 11) is -0.611. The molecule has 0 saturated carbocycles.